The third-order valence-electron chi connectivity index (χ3n) is 2.14. The van der Waals surface area contributed by atoms with E-state index in [1.54, 1.807) is 13.2 Å². The van der Waals surface area contributed by atoms with Gasteiger partial charge in [0, 0.05) is 5.38 Å². The molecule has 1 aromatic heterocycles. The molecule has 0 aliphatic heterocycles. The molecule has 0 saturated carbocycles. The second-order valence-corrected chi connectivity index (χ2v) is 3.95. The minimum atomic E-state index is -0.120. The summed E-state index contributed by atoms with van der Waals surface area (Å²) in [5.74, 6) is 0.539. The molecule has 0 unspecified atom stereocenters. The largest absolute Gasteiger partial charge is 0.495 e. The van der Waals surface area contributed by atoms with Crippen molar-refractivity contribution in [1.82, 2.24) is 0 Å². The summed E-state index contributed by atoms with van der Waals surface area (Å²) in [5.41, 5.74) is 1.34. The fraction of sp³-hybridized carbons (Fsp3) is 0.0833. The second-order valence-electron chi connectivity index (χ2n) is 3.17. The number of amides is 1. The van der Waals surface area contributed by atoms with Crippen LogP contribution in [0, 0.1) is 0 Å². The minimum Gasteiger partial charge on any atom is -0.495 e. The summed E-state index contributed by atoms with van der Waals surface area (Å²) >= 11 is 1.50. The highest BCUT2D eigenvalue weighted by Gasteiger charge is 2.08. The smallest absolute Gasteiger partial charge is 0.256 e. The quantitative estimate of drug-likeness (QED) is 0.885. The maximum atomic E-state index is 11.8. The maximum absolute atomic E-state index is 11.8. The maximum Gasteiger partial charge on any atom is 0.256 e. The Balaban J connectivity index is 2.18. The van der Waals surface area contributed by atoms with Gasteiger partial charge in [-0.1, -0.05) is 12.1 Å². The van der Waals surface area contributed by atoms with Crippen LogP contribution in [0.3, 0.4) is 0 Å². The van der Waals surface area contributed by atoms with Gasteiger partial charge in [0.15, 0.2) is 0 Å². The van der Waals surface area contributed by atoms with Crippen molar-refractivity contribution < 1.29 is 9.53 Å². The number of benzene rings is 1. The van der Waals surface area contributed by atoms with E-state index in [2.05, 4.69) is 5.32 Å². The van der Waals surface area contributed by atoms with Crippen LogP contribution in [-0.4, -0.2) is 13.0 Å². The van der Waals surface area contributed by atoms with Crippen LogP contribution < -0.4 is 10.1 Å². The first-order valence-electron chi connectivity index (χ1n) is 4.78. The SMILES string of the molecule is COc1ccccc1NC(=O)c1ccsc1. The van der Waals surface area contributed by atoms with Crippen LogP contribution in [0.4, 0.5) is 5.69 Å². The Morgan fingerprint density at radius 2 is 2.12 bits per heavy atom. The van der Waals surface area contributed by atoms with E-state index in [1.165, 1.54) is 11.3 Å². The molecule has 0 bridgehead atoms. The van der Waals surface area contributed by atoms with Gasteiger partial charge in [0.05, 0.1) is 18.4 Å². The normalized spacial score (nSPS) is 9.81. The molecule has 0 atom stereocenters. The molecule has 3 nitrogen and oxygen atoms in total. The highest BCUT2D eigenvalue weighted by Crippen LogP contribution is 2.23. The molecule has 1 N–H and O–H groups in total. The van der Waals surface area contributed by atoms with Crippen molar-refractivity contribution in [2.45, 2.75) is 0 Å². The zero-order valence-electron chi connectivity index (χ0n) is 8.77. The van der Waals surface area contributed by atoms with Crippen molar-refractivity contribution in [1.29, 1.82) is 0 Å². The van der Waals surface area contributed by atoms with Crippen LogP contribution in [0.1, 0.15) is 10.4 Å². The van der Waals surface area contributed by atoms with Crippen LogP contribution in [0.25, 0.3) is 0 Å². The molecule has 0 radical (unpaired) electrons. The molecule has 82 valence electrons. The lowest BCUT2D eigenvalue weighted by Crippen LogP contribution is -2.11. The lowest BCUT2D eigenvalue weighted by Gasteiger charge is -2.08. The Morgan fingerprint density at radius 1 is 1.31 bits per heavy atom. The minimum absolute atomic E-state index is 0.120. The van der Waals surface area contributed by atoms with E-state index in [9.17, 15) is 4.79 Å². The topological polar surface area (TPSA) is 38.3 Å². The lowest BCUT2D eigenvalue weighted by molar-refractivity contribution is 0.102. The van der Waals surface area contributed by atoms with Crippen molar-refractivity contribution in [2.75, 3.05) is 12.4 Å². The highest BCUT2D eigenvalue weighted by atomic mass is 32.1. The number of rotatable bonds is 3. The number of methoxy groups -OCH3 is 1. The Kier molecular flexibility index (Phi) is 3.22. The third-order valence-corrected chi connectivity index (χ3v) is 2.82. The third kappa shape index (κ3) is 2.23. The van der Waals surface area contributed by atoms with E-state index >= 15 is 0 Å². The molecule has 0 spiro atoms. The van der Waals surface area contributed by atoms with E-state index in [-0.39, 0.29) is 5.91 Å². The van der Waals surface area contributed by atoms with E-state index in [1.807, 2.05) is 35.0 Å². The number of anilines is 1. The van der Waals surface area contributed by atoms with Crippen LogP contribution in [0.15, 0.2) is 41.1 Å². The zero-order valence-corrected chi connectivity index (χ0v) is 9.58. The Labute approximate surface area is 97.7 Å². The summed E-state index contributed by atoms with van der Waals surface area (Å²) in [7, 11) is 1.58. The number of nitrogens with one attached hydrogen (secondary N) is 1. The van der Waals surface area contributed by atoms with Crippen LogP contribution in [0.2, 0.25) is 0 Å². The van der Waals surface area contributed by atoms with Gasteiger partial charge in [0.2, 0.25) is 0 Å². The number of para-hydroxylation sites is 2. The molecule has 2 aromatic rings. The molecular formula is C12H11NO2S. The van der Waals surface area contributed by atoms with Gasteiger partial charge in [-0.3, -0.25) is 4.79 Å². The molecule has 4 heteroatoms. The average Bonchev–Trinajstić information content (AvgIpc) is 2.83. The van der Waals surface area contributed by atoms with E-state index in [0.29, 0.717) is 17.0 Å². The number of carbonyl (C=O) groups excluding carboxylic acids is 1. The van der Waals surface area contributed by atoms with Gasteiger partial charge in [-0.05, 0) is 23.6 Å². The Bertz CT molecular complexity index is 480. The predicted octanol–water partition coefficient (Wildman–Crippen LogP) is 3.01. The summed E-state index contributed by atoms with van der Waals surface area (Å²) in [4.78, 5) is 11.8. The zero-order chi connectivity index (χ0) is 11.4. The van der Waals surface area contributed by atoms with Crippen LogP contribution >= 0.6 is 11.3 Å². The van der Waals surface area contributed by atoms with Gasteiger partial charge in [0.25, 0.3) is 5.91 Å². The van der Waals surface area contributed by atoms with Crippen LogP contribution in [0.5, 0.6) is 5.75 Å². The second kappa shape index (κ2) is 4.81. The standard InChI is InChI=1S/C12H11NO2S/c1-15-11-5-3-2-4-10(11)13-12(14)9-6-7-16-8-9/h2-8H,1H3,(H,13,14). The van der Waals surface area contributed by atoms with Gasteiger partial charge in [-0.25, -0.2) is 0 Å². The van der Waals surface area contributed by atoms with Gasteiger partial charge in [-0.15, -0.1) is 0 Å². The molecule has 0 aliphatic carbocycles. The summed E-state index contributed by atoms with van der Waals surface area (Å²) in [6, 6.07) is 9.12. The monoisotopic (exact) mass is 233 g/mol. The summed E-state index contributed by atoms with van der Waals surface area (Å²) in [6.07, 6.45) is 0. The highest BCUT2D eigenvalue weighted by molar-refractivity contribution is 7.08. The van der Waals surface area contributed by atoms with Crippen LogP contribution in [-0.2, 0) is 0 Å². The van der Waals surface area contributed by atoms with Gasteiger partial charge >= 0.3 is 0 Å². The summed E-state index contributed by atoms with van der Waals surface area (Å²) in [6.45, 7) is 0. The first-order valence-corrected chi connectivity index (χ1v) is 5.72. The molecule has 0 fully saturated rings. The molecule has 1 amide bonds. The summed E-state index contributed by atoms with van der Waals surface area (Å²) < 4.78 is 5.15. The van der Waals surface area contributed by atoms with Crippen molar-refractivity contribution in [3.05, 3.63) is 46.7 Å². The number of ether oxygens (including phenoxy) is 1. The van der Waals surface area contributed by atoms with E-state index in [0.717, 1.165) is 0 Å². The number of hydrogen-bond acceptors (Lipinski definition) is 3. The molecule has 0 aliphatic rings. The van der Waals surface area contributed by atoms with Crippen molar-refractivity contribution in [3.63, 3.8) is 0 Å². The number of thiophene rings is 1. The first-order chi connectivity index (χ1) is 7.81. The molecule has 1 heterocycles. The van der Waals surface area contributed by atoms with Gasteiger partial charge in [0.1, 0.15) is 5.75 Å². The fourth-order valence-electron chi connectivity index (χ4n) is 1.34. The van der Waals surface area contributed by atoms with E-state index in [4.69, 9.17) is 4.74 Å². The fourth-order valence-corrected chi connectivity index (χ4v) is 1.97. The van der Waals surface area contributed by atoms with Gasteiger partial charge < -0.3 is 10.1 Å². The van der Waals surface area contributed by atoms with Crippen molar-refractivity contribution in [2.24, 2.45) is 0 Å². The number of hydrogen-bond donors (Lipinski definition) is 1. The Morgan fingerprint density at radius 3 is 2.81 bits per heavy atom. The molecule has 16 heavy (non-hydrogen) atoms. The van der Waals surface area contributed by atoms with Crippen molar-refractivity contribution in [3.8, 4) is 5.75 Å². The summed E-state index contributed by atoms with van der Waals surface area (Å²) in [5, 5.41) is 6.49. The lowest BCUT2D eigenvalue weighted by atomic mass is 10.2. The predicted molar refractivity (Wildman–Crippen MR) is 65.3 cm³/mol. The molecule has 1 aromatic carbocycles. The molecule has 2 rings (SSSR count). The number of carbonyl (C=O) groups is 1. The van der Waals surface area contributed by atoms with E-state index < -0.39 is 0 Å². The molecule has 0 saturated heterocycles. The average molecular weight is 233 g/mol. The Hall–Kier alpha value is -1.81. The van der Waals surface area contributed by atoms with Crippen molar-refractivity contribution >= 4 is 22.9 Å². The first kappa shape index (κ1) is 10.7. The van der Waals surface area contributed by atoms with Gasteiger partial charge in [-0.2, -0.15) is 11.3 Å². The molecular weight excluding hydrogens is 222 g/mol.